The monoisotopic (exact) mass is 201 g/mol. The molecule has 3 nitrogen and oxygen atoms in total. The molecule has 0 aromatic heterocycles. The van der Waals surface area contributed by atoms with E-state index >= 15 is 0 Å². The molecule has 0 saturated heterocycles. The predicted molar refractivity (Wildman–Crippen MR) is 57.9 cm³/mol. The van der Waals surface area contributed by atoms with Gasteiger partial charge in [-0.3, -0.25) is 4.79 Å². The number of esters is 1. The summed E-state index contributed by atoms with van der Waals surface area (Å²) in [7, 11) is 0. The van der Waals surface area contributed by atoms with Crippen molar-refractivity contribution in [1.29, 1.82) is 0 Å². The van der Waals surface area contributed by atoms with E-state index < -0.39 is 6.04 Å². The summed E-state index contributed by atoms with van der Waals surface area (Å²) in [4.78, 5) is 11.3. The number of hydrogen-bond acceptors (Lipinski definition) is 3. The van der Waals surface area contributed by atoms with Crippen molar-refractivity contribution in [1.82, 2.24) is 0 Å². The van der Waals surface area contributed by atoms with E-state index in [0.29, 0.717) is 18.9 Å². The van der Waals surface area contributed by atoms with Crippen molar-refractivity contribution in [2.75, 3.05) is 6.61 Å². The summed E-state index contributed by atoms with van der Waals surface area (Å²) in [6.07, 6.45) is 3.85. The van der Waals surface area contributed by atoms with Gasteiger partial charge in [-0.15, -0.1) is 0 Å². The Morgan fingerprint density at radius 3 is 2.36 bits per heavy atom. The van der Waals surface area contributed by atoms with Crippen LogP contribution in [0, 0.1) is 5.92 Å². The zero-order chi connectivity index (χ0) is 11.0. The van der Waals surface area contributed by atoms with Crippen LogP contribution in [0.15, 0.2) is 0 Å². The van der Waals surface area contributed by atoms with E-state index in [-0.39, 0.29) is 5.97 Å². The molecule has 0 spiro atoms. The van der Waals surface area contributed by atoms with Crippen molar-refractivity contribution in [3.05, 3.63) is 0 Å². The Bertz CT molecular complexity index is 159. The lowest BCUT2D eigenvalue weighted by Crippen LogP contribution is -2.32. The van der Waals surface area contributed by atoms with Gasteiger partial charge in [-0.05, 0) is 18.8 Å². The number of carbonyl (C=O) groups excluding carboxylic acids is 1. The van der Waals surface area contributed by atoms with Crippen molar-refractivity contribution in [3.8, 4) is 0 Å². The van der Waals surface area contributed by atoms with Gasteiger partial charge < -0.3 is 10.5 Å². The molecule has 0 aromatic carbocycles. The van der Waals surface area contributed by atoms with Crippen LogP contribution in [0.4, 0.5) is 0 Å². The summed E-state index contributed by atoms with van der Waals surface area (Å²) in [6, 6.07) is -0.436. The fraction of sp³-hybridized carbons (Fsp3) is 0.909. The Kier molecular flexibility index (Phi) is 7.48. The molecule has 0 radical (unpaired) electrons. The molecule has 0 fully saturated rings. The Balaban J connectivity index is 3.61. The summed E-state index contributed by atoms with van der Waals surface area (Å²) in [5.74, 6) is 0.188. The first kappa shape index (κ1) is 13.4. The van der Waals surface area contributed by atoms with Gasteiger partial charge in [0.1, 0.15) is 6.04 Å². The molecular formula is C11H23NO2. The van der Waals surface area contributed by atoms with Crippen molar-refractivity contribution < 1.29 is 9.53 Å². The van der Waals surface area contributed by atoms with Gasteiger partial charge in [-0.2, -0.15) is 0 Å². The molecule has 2 N–H and O–H groups in total. The van der Waals surface area contributed by atoms with Crippen LogP contribution >= 0.6 is 0 Å². The van der Waals surface area contributed by atoms with Crippen LogP contribution < -0.4 is 5.73 Å². The summed E-state index contributed by atoms with van der Waals surface area (Å²) in [5.41, 5.74) is 5.61. The molecule has 0 aliphatic heterocycles. The van der Waals surface area contributed by atoms with Gasteiger partial charge in [0.05, 0.1) is 6.61 Å². The van der Waals surface area contributed by atoms with Crippen LogP contribution in [0.2, 0.25) is 0 Å². The molecule has 3 heteroatoms. The van der Waals surface area contributed by atoms with Crippen LogP contribution in [-0.4, -0.2) is 18.6 Å². The summed E-state index contributed by atoms with van der Waals surface area (Å²) in [6.45, 7) is 6.72. The number of carbonyl (C=O) groups is 1. The minimum absolute atomic E-state index is 0.255. The van der Waals surface area contributed by atoms with Gasteiger partial charge in [-0.25, -0.2) is 0 Å². The Morgan fingerprint density at radius 1 is 1.29 bits per heavy atom. The average Bonchev–Trinajstić information content (AvgIpc) is 2.15. The average molecular weight is 201 g/mol. The molecule has 84 valence electrons. The highest BCUT2D eigenvalue weighted by Crippen LogP contribution is 2.06. The number of hydrogen-bond donors (Lipinski definition) is 1. The van der Waals surface area contributed by atoms with Crippen LogP contribution in [0.5, 0.6) is 0 Å². The van der Waals surface area contributed by atoms with Crippen LogP contribution in [0.25, 0.3) is 0 Å². The molecule has 0 heterocycles. The third kappa shape index (κ3) is 5.97. The lowest BCUT2D eigenvalue weighted by Gasteiger charge is -2.13. The molecular weight excluding hydrogens is 178 g/mol. The predicted octanol–water partition coefficient (Wildman–Crippen LogP) is 2.09. The second-order valence-electron chi connectivity index (χ2n) is 3.92. The van der Waals surface area contributed by atoms with E-state index in [1.165, 1.54) is 0 Å². The largest absolute Gasteiger partial charge is 0.464 e. The van der Waals surface area contributed by atoms with Gasteiger partial charge in [0, 0.05) is 0 Å². The van der Waals surface area contributed by atoms with Crippen molar-refractivity contribution in [2.24, 2.45) is 11.7 Å². The third-order valence-electron chi connectivity index (χ3n) is 2.19. The van der Waals surface area contributed by atoms with E-state index in [4.69, 9.17) is 10.5 Å². The third-order valence-corrected chi connectivity index (χ3v) is 2.19. The number of ether oxygens (including phenoxy) is 1. The van der Waals surface area contributed by atoms with Crippen molar-refractivity contribution >= 4 is 5.97 Å². The first-order valence-electron chi connectivity index (χ1n) is 5.54. The zero-order valence-electron chi connectivity index (χ0n) is 9.58. The highest BCUT2D eigenvalue weighted by atomic mass is 16.5. The Morgan fingerprint density at radius 2 is 1.86 bits per heavy atom. The molecule has 2 atom stereocenters. The van der Waals surface area contributed by atoms with Gasteiger partial charge in [0.15, 0.2) is 0 Å². The van der Waals surface area contributed by atoms with Gasteiger partial charge in [0.25, 0.3) is 0 Å². The maximum absolute atomic E-state index is 11.3. The fourth-order valence-corrected chi connectivity index (χ4v) is 1.34. The van der Waals surface area contributed by atoms with E-state index in [1.807, 2.05) is 6.92 Å². The zero-order valence-corrected chi connectivity index (χ0v) is 9.58. The fourth-order valence-electron chi connectivity index (χ4n) is 1.34. The maximum Gasteiger partial charge on any atom is 0.322 e. The molecule has 0 amide bonds. The van der Waals surface area contributed by atoms with Gasteiger partial charge in [0.2, 0.25) is 0 Å². The Labute approximate surface area is 87.0 Å². The normalized spacial score (nSPS) is 14.9. The molecule has 0 aliphatic carbocycles. The van der Waals surface area contributed by atoms with E-state index in [9.17, 15) is 4.79 Å². The molecule has 0 aliphatic rings. The summed E-state index contributed by atoms with van der Waals surface area (Å²) in [5, 5.41) is 0. The molecule has 0 bridgehead atoms. The second-order valence-corrected chi connectivity index (χ2v) is 3.92. The maximum atomic E-state index is 11.3. The molecule has 0 aromatic rings. The highest BCUT2D eigenvalue weighted by molar-refractivity contribution is 5.75. The quantitative estimate of drug-likeness (QED) is 0.642. The topological polar surface area (TPSA) is 52.3 Å². The SMILES string of the molecule is CCCC(C)COC(=O)[C@H](N)CCC. The first-order chi connectivity index (χ1) is 6.61. The summed E-state index contributed by atoms with van der Waals surface area (Å²) < 4.78 is 5.11. The lowest BCUT2D eigenvalue weighted by atomic mass is 10.1. The molecule has 1 unspecified atom stereocenters. The van der Waals surface area contributed by atoms with Gasteiger partial charge in [-0.1, -0.05) is 33.6 Å². The minimum Gasteiger partial charge on any atom is -0.464 e. The van der Waals surface area contributed by atoms with Crippen molar-refractivity contribution in [2.45, 2.75) is 52.5 Å². The van der Waals surface area contributed by atoms with E-state index in [1.54, 1.807) is 0 Å². The van der Waals surface area contributed by atoms with E-state index in [2.05, 4.69) is 13.8 Å². The molecule has 0 rings (SSSR count). The van der Waals surface area contributed by atoms with Crippen LogP contribution in [0.3, 0.4) is 0 Å². The number of nitrogens with two attached hydrogens (primary N) is 1. The van der Waals surface area contributed by atoms with Crippen LogP contribution in [-0.2, 0) is 9.53 Å². The Hall–Kier alpha value is -0.570. The van der Waals surface area contributed by atoms with E-state index in [0.717, 1.165) is 19.3 Å². The smallest absolute Gasteiger partial charge is 0.322 e. The molecule has 14 heavy (non-hydrogen) atoms. The second kappa shape index (κ2) is 7.80. The van der Waals surface area contributed by atoms with Gasteiger partial charge >= 0.3 is 5.97 Å². The molecule has 0 saturated carbocycles. The minimum atomic E-state index is -0.436. The lowest BCUT2D eigenvalue weighted by molar-refractivity contribution is -0.146. The standard InChI is InChI=1S/C11H23NO2/c1-4-6-9(3)8-14-11(13)10(12)7-5-2/h9-10H,4-8,12H2,1-3H3/t9?,10-/m1/s1. The number of rotatable bonds is 7. The first-order valence-corrected chi connectivity index (χ1v) is 5.54. The van der Waals surface area contributed by atoms with Crippen molar-refractivity contribution in [3.63, 3.8) is 0 Å². The van der Waals surface area contributed by atoms with Crippen LogP contribution in [0.1, 0.15) is 46.5 Å². The summed E-state index contributed by atoms with van der Waals surface area (Å²) >= 11 is 0. The highest BCUT2D eigenvalue weighted by Gasteiger charge is 2.14.